The normalized spacial score (nSPS) is 17.8. The van der Waals surface area contributed by atoms with Gasteiger partial charge in [0, 0.05) is 24.5 Å². The minimum absolute atomic E-state index is 0.155. The molecule has 0 aromatic carbocycles. The van der Waals surface area contributed by atoms with Crippen molar-refractivity contribution in [1.29, 1.82) is 0 Å². The van der Waals surface area contributed by atoms with E-state index in [1.54, 1.807) is 10.9 Å². The number of fused-ring (bicyclic) bond motifs is 1. The lowest BCUT2D eigenvalue weighted by Gasteiger charge is -2.23. The van der Waals surface area contributed by atoms with E-state index in [0.717, 1.165) is 47.5 Å². The third-order valence-electron chi connectivity index (χ3n) is 3.95. The van der Waals surface area contributed by atoms with Crippen molar-refractivity contribution in [2.45, 2.75) is 38.0 Å². The standard InChI is InChI=1S/C14H16F3N5O/c1-21-11-4-2-3-10(9(11)7-18-21)19-13(23)8-22-6-5-12(20-22)14(15,16)17/h5-7,10H,2-4,8H2,1H3,(H,19,23)/t10-/m1/s1. The molecule has 0 spiro atoms. The zero-order valence-corrected chi connectivity index (χ0v) is 12.5. The number of nitrogens with zero attached hydrogens (tertiary/aromatic N) is 4. The number of nitrogens with one attached hydrogen (secondary N) is 1. The Bertz CT molecular complexity index is 718. The van der Waals surface area contributed by atoms with Crippen LogP contribution in [0.4, 0.5) is 13.2 Å². The van der Waals surface area contributed by atoms with Crippen LogP contribution < -0.4 is 5.32 Å². The quantitative estimate of drug-likeness (QED) is 0.935. The Balaban J connectivity index is 1.65. The molecule has 2 aromatic heterocycles. The van der Waals surface area contributed by atoms with E-state index in [-0.39, 0.29) is 18.5 Å². The second-order valence-electron chi connectivity index (χ2n) is 5.58. The number of halogens is 3. The van der Waals surface area contributed by atoms with Crippen molar-refractivity contribution >= 4 is 5.91 Å². The van der Waals surface area contributed by atoms with Crippen LogP contribution in [0, 0.1) is 0 Å². The van der Waals surface area contributed by atoms with Crippen LogP contribution in [0.15, 0.2) is 18.5 Å². The monoisotopic (exact) mass is 327 g/mol. The average Bonchev–Trinajstić information content (AvgIpc) is 3.07. The van der Waals surface area contributed by atoms with Gasteiger partial charge < -0.3 is 5.32 Å². The van der Waals surface area contributed by atoms with Crippen molar-refractivity contribution < 1.29 is 18.0 Å². The van der Waals surface area contributed by atoms with Crippen LogP contribution in [0.3, 0.4) is 0 Å². The predicted molar refractivity (Wildman–Crippen MR) is 74.3 cm³/mol. The fraction of sp³-hybridized carbons (Fsp3) is 0.500. The highest BCUT2D eigenvalue weighted by atomic mass is 19.4. The molecule has 0 bridgehead atoms. The van der Waals surface area contributed by atoms with Crippen molar-refractivity contribution in [3.8, 4) is 0 Å². The molecule has 2 heterocycles. The minimum Gasteiger partial charge on any atom is -0.348 e. The SMILES string of the molecule is Cn1ncc2c1CCC[C@H]2NC(=O)Cn1ccc(C(F)(F)F)n1. The van der Waals surface area contributed by atoms with Gasteiger partial charge in [-0.25, -0.2) is 0 Å². The summed E-state index contributed by atoms with van der Waals surface area (Å²) in [6.07, 6.45) is 1.00. The highest BCUT2D eigenvalue weighted by Gasteiger charge is 2.33. The summed E-state index contributed by atoms with van der Waals surface area (Å²) in [5, 5.41) is 10.4. The zero-order chi connectivity index (χ0) is 16.6. The number of amides is 1. The van der Waals surface area contributed by atoms with Crippen molar-refractivity contribution in [1.82, 2.24) is 24.9 Å². The summed E-state index contributed by atoms with van der Waals surface area (Å²) in [5.74, 6) is -0.372. The first-order valence-corrected chi connectivity index (χ1v) is 7.25. The van der Waals surface area contributed by atoms with Crippen LogP contribution in [-0.4, -0.2) is 25.5 Å². The largest absolute Gasteiger partial charge is 0.435 e. The molecule has 0 aliphatic heterocycles. The van der Waals surface area contributed by atoms with Gasteiger partial charge in [-0.15, -0.1) is 0 Å². The van der Waals surface area contributed by atoms with E-state index in [2.05, 4.69) is 15.5 Å². The van der Waals surface area contributed by atoms with Crippen molar-refractivity contribution in [3.63, 3.8) is 0 Å². The first-order chi connectivity index (χ1) is 10.8. The molecule has 1 aliphatic carbocycles. The van der Waals surface area contributed by atoms with Gasteiger partial charge >= 0.3 is 6.18 Å². The third kappa shape index (κ3) is 3.22. The van der Waals surface area contributed by atoms with E-state index in [1.165, 1.54) is 0 Å². The number of carbonyl (C=O) groups is 1. The van der Waals surface area contributed by atoms with Gasteiger partial charge in [0.25, 0.3) is 0 Å². The summed E-state index contributed by atoms with van der Waals surface area (Å²) in [7, 11) is 1.85. The number of rotatable bonds is 3. The average molecular weight is 327 g/mol. The zero-order valence-electron chi connectivity index (χ0n) is 12.5. The van der Waals surface area contributed by atoms with Gasteiger partial charge in [-0.05, 0) is 25.3 Å². The fourth-order valence-corrected chi connectivity index (χ4v) is 2.84. The van der Waals surface area contributed by atoms with E-state index in [1.807, 2.05) is 7.05 Å². The molecule has 6 nitrogen and oxygen atoms in total. The van der Waals surface area contributed by atoms with E-state index < -0.39 is 11.9 Å². The molecular weight excluding hydrogens is 311 g/mol. The van der Waals surface area contributed by atoms with Crippen LogP contribution in [0.1, 0.15) is 35.8 Å². The molecule has 9 heteroatoms. The van der Waals surface area contributed by atoms with Gasteiger partial charge in [0.1, 0.15) is 6.54 Å². The molecule has 23 heavy (non-hydrogen) atoms. The van der Waals surface area contributed by atoms with Crippen LogP contribution in [-0.2, 0) is 31.0 Å². The maximum Gasteiger partial charge on any atom is 0.435 e. The Hall–Kier alpha value is -2.32. The molecule has 1 aliphatic rings. The van der Waals surface area contributed by atoms with Gasteiger partial charge in [-0.1, -0.05) is 0 Å². The van der Waals surface area contributed by atoms with Gasteiger partial charge in [0.2, 0.25) is 5.91 Å². The number of aryl methyl sites for hydroxylation is 1. The molecule has 0 fully saturated rings. The number of carbonyl (C=O) groups excluding carboxylic acids is 1. The summed E-state index contributed by atoms with van der Waals surface area (Å²) < 4.78 is 40.3. The van der Waals surface area contributed by atoms with Crippen molar-refractivity contribution in [2.24, 2.45) is 7.05 Å². The molecule has 0 unspecified atom stereocenters. The van der Waals surface area contributed by atoms with E-state index >= 15 is 0 Å². The third-order valence-corrected chi connectivity index (χ3v) is 3.95. The molecule has 124 valence electrons. The van der Waals surface area contributed by atoms with Crippen LogP contribution in [0.5, 0.6) is 0 Å². The van der Waals surface area contributed by atoms with Crippen LogP contribution >= 0.6 is 0 Å². The highest BCUT2D eigenvalue weighted by molar-refractivity contribution is 5.76. The molecule has 0 saturated carbocycles. The van der Waals surface area contributed by atoms with Gasteiger partial charge in [-0.3, -0.25) is 14.2 Å². The van der Waals surface area contributed by atoms with Crippen LogP contribution in [0.25, 0.3) is 0 Å². The molecule has 0 saturated heterocycles. The topological polar surface area (TPSA) is 64.7 Å². The number of hydrogen-bond acceptors (Lipinski definition) is 3. The maximum atomic E-state index is 12.5. The summed E-state index contributed by atoms with van der Waals surface area (Å²) in [6, 6.07) is 0.699. The van der Waals surface area contributed by atoms with Gasteiger partial charge in [0.05, 0.1) is 12.2 Å². The van der Waals surface area contributed by atoms with Gasteiger partial charge in [0.15, 0.2) is 5.69 Å². The van der Waals surface area contributed by atoms with E-state index in [0.29, 0.717) is 0 Å². The Morgan fingerprint density at radius 3 is 2.96 bits per heavy atom. The summed E-state index contributed by atoms with van der Waals surface area (Å²) in [6.45, 7) is -0.248. The number of aromatic nitrogens is 4. The van der Waals surface area contributed by atoms with Gasteiger partial charge in [-0.2, -0.15) is 23.4 Å². The van der Waals surface area contributed by atoms with E-state index in [9.17, 15) is 18.0 Å². The summed E-state index contributed by atoms with van der Waals surface area (Å²) in [4.78, 5) is 12.1. The Labute approximate surface area is 130 Å². The van der Waals surface area contributed by atoms with Crippen molar-refractivity contribution in [2.75, 3.05) is 0 Å². The molecule has 1 amide bonds. The number of alkyl halides is 3. The summed E-state index contributed by atoms with van der Waals surface area (Å²) >= 11 is 0. The molecular formula is C14H16F3N5O. The molecule has 2 aromatic rings. The first kappa shape index (κ1) is 15.6. The predicted octanol–water partition coefficient (Wildman–Crippen LogP) is 1.83. The first-order valence-electron chi connectivity index (χ1n) is 7.25. The minimum atomic E-state index is -4.50. The Morgan fingerprint density at radius 1 is 1.48 bits per heavy atom. The smallest absolute Gasteiger partial charge is 0.348 e. The Kier molecular flexibility index (Phi) is 3.87. The second-order valence-corrected chi connectivity index (χ2v) is 5.58. The Morgan fingerprint density at radius 2 is 2.26 bits per heavy atom. The number of hydrogen-bond donors (Lipinski definition) is 1. The fourth-order valence-electron chi connectivity index (χ4n) is 2.84. The molecule has 1 atom stereocenters. The maximum absolute atomic E-state index is 12.5. The van der Waals surface area contributed by atoms with Crippen molar-refractivity contribution in [3.05, 3.63) is 35.4 Å². The lowest BCUT2D eigenvalue weighted by Crippen LogP contribution is -2.33. The molecule has 0 radical (unpaired) electrons. The second kappa shape index (κ2) is 5.71. The molecule has 1 N–H and O–H groups in total. The lowest BCUT2D eigenvalue weighted by atomic mass is 9.93. The van der Waals surface area contributed by atoms with Crippen LogP contribution in [0.2, 0.25) is 0 Å². The van der Waals surface area contributed by atoms with E-state index in [4.69, 9.17) is 0 Å². The lowest BCUT2D eigenvalue weighted by molar-refractivity contribution is -0.141. The summed E-state index contributed by atoms with van der Waals surface area (Å²) in [5.41, 5.74) is 1.06. The highest BCUT2D eigenvalue weighted by Crippen LogP contribution is 2.29. The molecule has 3 rings (SSSR count).